The third kappa shape index (κ3) is 4.32. The molecule has 31 heavy (non-hydrogen) atoms. The van der Waals surface area contributed by atoms with Gasteiger partial charge in [-0.15, -0.1) is 15.8 Å². The molecule has 1 atom stereocenters. The Morgan fingerprint density at radius 1 is 1.13 bits per heavy atom. The van der Waals surface area contributed by atoms with Gasteiger partial charge < -0.3 is 9.29 Å². The normalized spacial score (nSPS) is 12.4. The van der Waals surface area contributed by atoms with Crippen molar-refractivity contribution in [2.24, 2.45) is 7.05 Å². The fourth-order valence-electron chi connectivity index (χ4n) is 3.66. The van der Waals surface area contributed by atoms with Crippen LogP contribution in [0, 0.1) is 6.92 Å². The van der Waals surface area contributed by atoms with Gasteiger partial charge in [0.05, 0.1) is 17.7 Å². The van der Waals surface area contributed by atoms with Crippen LogP contribution in [0.1, 0.15) is 25.0 Å². The van der Waals surface area contributed by atoms with Gasteiger partial charge in [-0.05, 0) is 54.1 Å². The van der Waals surface area contributed by atoms with Crippen LogP contribution in [0.2, 0.25) is 0 Å². The molecule has 2 heterocycles. The highest BCUT2D eigenvalue weighted by Crippen LogP contribution is 2.32. The Kier molecular flexibility index (Phi) is 6.04. The number of benzene rings is 2. The zero-order chi connectivity index (χ0) is 22.0. The first kappa shape index (κ1) is 21.1. The second kappa shape index (κ2) is 8.89. The van der Waals surface area contributed by atoms with Crippen molar-refractivity contribution in [1.29, 1.82) is 0 Å². The van der Waals surface area contributed by atoms with Crippen LogP contribution in [0.3, 0.4) is 0 Å². The molecule has 0 spiro atoms. The van der Waals surface area contributed by atoms with Gasteiger partial charge in [-0.3, -0.25) is 4.79 Å². The van der Waals surface area contributed by atoms with Crippen molar-refractivity contribution >= 4 is 32.8 Å². The molecule has 7 heteroatoms. The maximum absolute atomic E-state index is 12.2. The van der Waals surface area contributed by atoms with Crippen LogP contribution in [-0.4, -0.2) is 30.7 Å². The lowest BCUT2D eigenvalue weighted by Gasteiger charge is -2.14. The predicted molar refractivity (Wildman–Crippen MR) is 132 cm³/mol. The van der Waals surface area contributed by atoms with Crippen molar-refractivity contribution in [1.82, 2.24) is 19.6 Å². The summed E-state index contributed by atoms with van der Waals surface area (Å²) < 4.78 is 7.21. The highest BCUT2D eigenvalue weighted by atomic mass is 32.2. The molecule has 1 N–H and O–H groups in total. The van der Waals surface area contributed by atoms with Gasteiger partial charge in [-0.2, -0.15) is 0 Å². The lowest BCUT2D eigenvalue weighted by atomic mass is 10.0. The lowest BCUT2D eigenvalue weighted by molar-refractivity contribution is 0.670. The highest BCUT2D eigenvalue weighted by molar-refractivity contribution is 8.16. The summed E-state index contributed by atoms with van der Waals surface area (Å²) in [5, 5.41) is 11.1. The van der Waals surface area contributed by atoms with E-state index in [2.05, 4.69) is 58.5 Å². The van der Waals surface area contributed by atoms with E-state index >= 15 is 0 Å². The lowest BCUT2D eigenvalue weighted by Crippen LogP contribution is -2.18. The second-order valence-corrected chi connectivity index (χ2v) is 9.62. The van der Waals surface area contributed by atoms with Crippen LogP contribution in [0.4, 0.5) is 5.69 Å². The first-order chi connectivity index (χ1) is 15.0. The topological polar surface area (TPSA) is 64.7 Å². The van der Waals surface area contributed by atoms with E-state index < -0.39 is 0 Å². The average Bonchev–Trinajstić information content (AvgIpc) is 3.18. The summed E-state index contributed by atoms with van der Waals surface area (Å²) in [5.41, 5.74) is 6.71. The zero-order valence-electron chi connectivity index (χ0n) is 18.3. The van der Waals surface area contributed by atoms with Gasteiger partial charge in [-0.1, -0.05) is 42.5 Å². The van der Waals surface area contributed by atoms with E-state index in [0.29, 0.717) is 6.54 Å². The Hall–Kier alpha value is -3.19. The Labute approximate surface area is 184 Å². The minimum atomic E-state index is -0.0584. The number of aryl methyl sites for hydroxylation is 2. The van der Waals surface area contributed by atoms with Crippen molar-refractivity contribution in [2.45, 2.75) is 27.3 Å². The van der Waals surface area contributed by atoms with Gasteiger partial charge in [0.25, 0.3) is 5.56 Å². The SMILES string of the molecule is C/C=S(/CC)Nc1cc(-c2cc(C)c(=O)n(C)c2)cc2c1nnn2Cc1ccccc1. The monoisotopic (exact) mass is 433 g/mol. The second-order valence-electron chi connectivity index (χ2n) is 7.51. The van der Waals surface area contributed by atoms with Gasteiger partial charge in [0, 0.05) is 24.6 Å². The molecule has 4 rings (SSSR count). The van der Waals surface area contributed by atoms with E-state index in [0.717, 1.165) is 39.2 Å². The molecule has 0 amide bonds. The fourth-order valence-corrected chi connectivity index (χ4v) is 4.69. The molecule has 0 aliphatic carbocycles. The first-order valence-electron chi connectivity index (χ1n) is 10.3. The van der Waals surface area contributed by atoms with Crippen LogP contribution in [0.15, 0.2) is 59.5 Å². The Morgan fingerprint density at radius 3 is 2.58 bits per heavy atom. The minimum Gasteiger partial charge on any atom is -0.334 e. The Bertz CT molecular complexity index is 1300. The number of nitrogens with zero attached hydrogens (tertiary/aromatic N) is 4. The van der Waals surface area contributed by atoms with E-state index in [4.69, 9.17) is 0 Å². The number of hydrogen-bond donors (Lipinski definition) is 1. The number of hydrogen-bond acceptors (Lipinski definition) is 4. The molecule has 0 aliphatic rings. The molecule has 0 saturated heterocycles. The summed E-state index contributed by atoms with van der Waals surface area (Å²) >= 11 is 0. The van der Waals surface area contributed by atoms with Crippen molar-refractivity contribution in [3.63, 3.8) is 0 Å². The van der Waals surface area contributed by atoms with E-state index in [1.807, 2.05) is 42.1 Å². The number of pyridine rings is 1. The predicted octanol–water partition coefficient (Wildman–Crippen LogP) is 4.59. The molecule has 0 fully saturated rings. The largest absolute Gasteiger partial charge is 0.334 e. The summed E-state index contributed by atoms with van der Waals surface area (Å²) in [4.78, 5) is 12.2. The summed E-state index contributed by atoms with van der Waals surface area (Å²) in [6.07, 6.45) is 1.89. The molecule has 0 aliphatic heterocycles. The quantitative estimate of drug-likeness (QED) is 0.452. The van der Waals surface area contributed by atoms with Crippen LogP contribution in [0.5, 0.6) is 0 Å². The number of nitrogens with one attached hydrogen (secondary N) is 1. The van der Waals surface area contributed by atoms with Crippen LogP contribution in [-0.2, 0) is 13.6 Å². The van der Waals surface area contributed by atoms with E-state index in [1.165, 1.54) is 5.56 Å². The minimum absolute atomic E-state index is 0.0204. The van der Waals surface area contributed by atoms with Crippen LogP contribution in [0.25, 0.3) is 22.2 Å². The van der Waals surface area contributed by atoms with Gasteiger partial charge in [0.15, 0.2) is 0 Å². The third-order valence-corrected chi connectivity index (χ3v) is 7.00. The number of fused-ring (bicyclic) bond motifs is 1. The van der Waals surface area contributed by atoms with Gasteiger partial charge in [-0.25, -0.2) is 4.68 Å². The van der Waals surface area contributed by atoms with Crippen LogP contribution < -0.4 is 10.3 Å². The molecule has 6 nitrogen and oxygen atoms in total. The smallest absolute Gasteiger partial charge is 0.253 e. The van der Waals surface area contributed by atoms with E-state index in [9.17, 15) is 4.79 Å². The highest BCUT2D eigenvalue weighted by Gasteiger charge is 2.14. The molecule has 2 aromatic carbocycles. The third-order valence-electron chi connectivity index (χ3n) is 5.33. The Balaban J connectivity index is 1.90. The van der Waals surface area contributed by atoms with Crippen molar-refractivity contribution in [2.75, 3.05) is 10.5 Å². The standard InChI is InChI=1S/C24H27N5OS/c1-5-31(6-2)26-21-13-19(20-12-17(3)24(30)28(4)16-20)14-22-23(21)25-27-29(22)15-18-10-8-7-9-11-18/h5,7-14,16,26H,6,15H2,1-4H3. The van der Waals surface area contributed by atoms with Crippen molar-refractivity contribution in [3.8, 4) is 11.1 Å². The number of rotatable bonds is 6. The molecule has 2 aromatic heterocycles. The summed E-state index contributed by atoms with van der Waals surface area (Å²) in [6.45, 7) is 6.74. The van der Waals surface area contributed by atoms with Gasteiger partial charge >= 0.3 is 0 Å². The molecular weight excluding hydrogens is 406 g/mol. The van der Waals surface area contributed by atoms with Crippen LogP contribution >= 0.6 is 10.7 Å². The molecule has 160 valence electrons. The molecular formula is C24H27N5OS. The van der Waals surface area contributed by atoms with Gasteiger partial charge in [0.1, 0.15) is 5.52 Å². The van der Waals surface area contributed by atoms with Gasteiger partial charge in [0.2, 0.25) is 0 Å². The number of anilines is 1. The molecule has 0 bridgehead atoms. The molecule has 4 aromatic rings. The van der Waals surface area contributed by atoms with E-state index in [-0.39, 0.29) is 16.2 Å². The summed E-state index contributed by atoms with van der Waals surface area (Å²) in [6, 6.07) is 16.4. The van der Waals surface area contributed by atoms with E-state index in [1.54, 1.807) is 11.6 Å². The maximum atomic E-state index is 12.2. The molecule has 0 radical (unpaired) electrons. The fraction of sp³-hybridized carbons (Fsp3) is 0.250. The molecule has 1 unspecified atom stereocenters. The Morgan fingerprint density at radius 2 is 1.90 bits per heavy atom. The summed E-state index contributed by atoms with van der Waals surface area (Å²) in [7, 11) is 1.73. The van der Waals surface area contributed by atoms with Crippen molar-refractivity contribution in [3.05, 3.63) is 76.2 Å². The first-order valence-corrected chi connectivity index (χ1v) is 11.8. The molecule has 0 saturated carbocycles. The average molecular weight is 434 g/mol. The maximum Gasteiger partial charge on any atom is 0.253 e. The van der Waals surface area contributed by atoms with Crippen molar-refractivity contribution < 1.29 is 0 Å². The zero-order valence-corrected chi connectivity index (χ0v) is 19.1. The summed E-state index contributed by atoms with van der Waals surface area (Å²) in [5.74, 6) is 0.999. The number of aromatic nitrogens is 4.